The minimum atomic E-state index is -1.43. The number of ether oxygens (including phenoxy) is 4. The summed E-state index contributed by atoms with van der Waals surface area (Å²) in [4.78, 5) is 0. The van der Waals surface area contributed by atoms with Crippen LogP contribution in [0.25, 0.3) is 0 Å². The Morgan fingerprint density at radius 2 is 1.42 bits per heavy atom. The Balaban J connectivity index is 1.72. The molecule has 1 unspecified atom stereocenters. The van der Waals surface area contributed by atoms with Crippen molar-refractivity contribution < 1.29 is 28.0 Å². The van der Waals surface area contributed by atoms with E-state index in [1.165, 1.54) is 0 Å². The molecular formula is C35H46BN2O6P. The molecule has 4 rings (SSSR count). The Hall–Kier alpha value is -2.96. The van der Waals surface area contributed by atoms with Crippen LogP contribution in [0.2, 0.25) is 0 Å². The van der Waals surface area contributed by atoms with Gasteiger partial charge < -0.3 is 28.0 Å². The normalized spacial score (nSPS) is 19.2. The van der Waals surface area contributed by atoms with E-state index in [4.69, 9.17) is 33.3 Å². The highest BCUT2D eigenvalue weighted by molar-refractivity contribution is 7.44. The van der Waals surface area contributed by atoms with Crippen molar-refractivity contribution >= 4 is 16.4 Å². The maximum atomic E-state index is 9.16. The number of hydrogen-bond donors (Lipinski definition) is 0. The fraction of sp³-hybridized carbons (Fsp3) is 0.457. The van der Waals surface area contributed by atoms with Crippen LogP contribution >= 0.6 is 8.53 Å². The molecular weight excluding hydrogens is 586 g/mol. The van der Waals surface area contributed by atoms with E-state index in [2.05, 4.69) is 58.4 Å². The third-order valence-electron chi connectivity index (χ3n) is 7.91. The van der Waals surface area contributed by atoms with Crippen molar-refractivity contribution in [1.82, 2.24) is 4.67 Å². The molecule has 240 valence electrons. The first-order chi connectivity index (χ1) is 21.7. The predicted molar refractivity (Wildman–Crippen MR) is 180 cm³/mol. The van der Waals surface area contributed by atoms with Crippen LogP contribution in [0.15, 0.2) is 78.9 Å². The molecule has 3 aromatic rings. The van der Waals surface area contributed by atoms with Crippen molar-refractivity contribution in [3.05, 3.63) is 95.6 Å². The van der Waals surface area contributed by atoms with Crippen molar-refractivity contribution in [2.75, 3.05) is 27.4 Å². The number of methoxy groups -OCH3 is 2. The van der Waals surface area contributed by atoms with E-state index < -0.39 is 14.1 Å². The molecule has 0 amide bonds. The van der Waals surface area contributed by atoms with Crippen molar-refractivity contribution in [3.8, 4) is 17.6 Å². The lowest BCUT2D eigenvalue weighted by atomic mass is 9.80. The van der Waals surface area contributed by atoms with Crippen LogP contribution in [0.4, 0.5) is 0 Å². The molecule has 3 aromatic carbocycles. The maximum absolute atomic E-state index is 9.16. The molecule has 1 heterocycles. The number of rotatable bonds is 16. The Bertz CT molecular complexity index is 1300. The summed E-state index contributed by atoms with van der Waals surface area (Å²) in [7, 11) is 3.96. The van der Waals surface area contributed by atoms with E-state index in [9.17, 15) is 0 Å². The molecule has 0 bridgehead atoms. The van der Waals surface area contributed by atoms with Gasteiger partial charge in [-0.15, -0.1) is 0 Å². The largest absolute Gasteiger partial charge is 0.497 e. The Morgan fingerprint density at radius 1 is 0.889 bits per heavy atom. The third kappa shape index (κ3) is 8.45. The van der Waals surface area contributed by atoms with Gasteiger partial charge in [-0.2, -0.15) is 5.26 Å². The first-order valence-corrected chi connectivity index (χ1v) is 16.8. The standard InChI is InChI=1S/C35H46BN2O6P/c1-25(2)38(26(3)4)45(42-22-10-21-37)44-32-23-34(36)43-33(32)24-41-35(27-11-8-7-9-12-27,28-13-17-30(39-5)18-14-28)29-15-19-31(40-6)20-16-29/h7-9,11-20,25-26,32-34H,10,22-24,36H2,1-6H3/t32-,33-,34-,45?/m1/s1. The Morgan fingerprint density at radius 3 is 1.91 bits per heavy atom. The minimum Gasteiger partial charge on any atom is -0.497 e. The van der Waals surface area contributed by atoms with Gasteiger partial charge in [0.15, 0.2) is 0 Å². The lowest BCUT2D eigenvalue weighted by Crippen LogP contribution is -2.39. The van der Waals surface area contributed by atoms with Gasteiger partial charge in [0.05, 0.1) is 46.0 Å². The molecule has 1 aliphatic rings. The first kappa shape index (κ1) is 34.9. The van der Waals surface area contributed by atoms with E-state index in [1.54, 1.807) is 14.2 Å². The Labute approximate surface area is 270 Å². The minimum absolute atomic E-state index is 0.0146. The second-order valence-corrected chi connectivity index (χ2v) is 13.1. The smallest absolute Gasteiger partial charge is 0.259 e. The zero-order valence-corrected chi connectivity index (χ0v) is 28.4. The highest BCUT2D eigenvalue weighted by Crippen LogP contribution is 2.49. The summed E-state index contributed by atoms with van der Waals surface area (Å²) in [6.45, 7) is 9.13. The molecule has 0 aromatic heterocycles. The topological polar surface area (TPSA) is 82.4 Å². The molecule has 0 N–H and O–H groups in total. The summed E-state index contributed by atoms with van der Waals surface area (Å²) < 4.78 is 39.9. The average molecular weight is 633 g/mol. The molecule has 0 radical (unpaired) electrons. The lowest BCUT2D eigenvalue weighted by Gasteiger charge is -2.39. The van der Waals surface area contributed by atoms with Crippen LogP contribution in [-0.2, 0) is 24.1 Å². The van der Waals surface area contributed by atoms with Crippen LogP contribution in [0.1, 0.15) is 57.2 Å². The zero-order valence-electron chi connectivity index (χ0n) is 27.5. The molecule has 1 saturated heterocycles. The monoisotopic (exact) mass is 632 g/mol. The molecule has 10 heteroatoms. The summed E-state index contributed by atoms with van der Waals surface area (Å²) in [5.41, 5.74) is 1.93. The van der Waals surface area contributed by atoms with Crippen LogP contribution in [0, 0.1) is 11.3 Å². The number of nitriles is 1. The second-order valence-electron chi connectivity index (χ2n) is 11.7. The number of nitrogens with zero attached hydrogens (tertiary/aromatic N) is 2. The van der Waals surface area contributed by atoms with Crippen LogP contribution in [0.3, 0.4) is 0 Å². The van der Waals surface area contributed by atoms with E-state index in [0.717, 1.165) is 28.2 Å². The van der Waals surface area contributed by atoms with Crippen LogP contribution < -0.4 is 9.47 Å². The van der Waals surface area contributed by atoms with E-state index in [-0.39, 0.29) is 36.9 Å². The molecule has 1 aliphatic heterocycles. The fourth-order valence-corrected chi connectivity index (χ4v) is 7.63. The highest BCUT2D eigenvalue weighted by Gasteiger charge is 2.43. The van der Waals surface area contributed by atoms with Gasteiger partial charge in [0.25, 0.3) is 8.53 Å². The van der Waals surface area contributed by atoms with Crippen LogP contribution in [0.5, 0.6) is 11.5 Å². The van der Waals surface area contributed by atoms with E-state index >= 15 is 0 Å². The summed E-state index contributed by atoms with van der Waals surface area (Å²) in [6, 6.07) is 28.8. The van der Waals surface area contributed by atoms with E-state index in [0.29, 0.717) is 19.4 Å². The van der Waals surface area contributed by atoms with Crippen LogP contribution in [-0.4, -0.2) is 70.2 Å². The van der Waals surface area contributed by atoms with Crippen molar-refractivity contribution in [2.45, 2.75) is 76.4 Å². The summed E-state index contributed by atoms with van der Waals surface area (Å²) >= 11 is 0. The lowest BCUT2D eigenvalue weighted by molar-refractivity contribution is -0.0714. The van der Waals surface area contributed by atoms with E-state index in [1.807, 2.05) is 66.7 Å². The van der Waals surface area contributed by atoms with Gasteiger partial charge in [0.2, 0.25) is 0 Å². The quantitative estimate of drug-likeness (QED) is 0.0775. The van der Waals surface area contributed by atoms with Gasteiger partial charge in [-0.25, -0.2) is 4.67 Å². The SMILES string of the molecule is B[C@H]1C[C@@H](OP(OCCC#N)N(C(C)C)C(C)C)[C@@H](COC(c2ccccc2)(c2ccc(OC)cc2)c2ccc(OC)cc2)O1. The summed E-state index contributed by atoms with van der Waals surface area (Å²) in [5, 5.41) is 9.16. The van der Waals surface area contributed by atoms with Crippen molar-refractivity contribution in [3.63, 3.8) is 0 Å². The fourth-order valence-electron chi connectivity index (χ4n) is 5.87. The average Bonchev–Trinajstić information content (AvgIpc) is 3.40. The van der Waals surface area contributed by atoms with Crippen molar-refractivity contribution in [2.24, 2.45) is 0 Å². The molecule has 0 spiro atoms. The highest BCUT2D eigenvalue weighted by atomic mass is 31.2. The van der Waals surface area contributed by atoms with Gasteiger partial charge in [0.1, 0.15) is 31.1 Å². The Kier molecular flexibility index (Phi) is 12.8. The summed E-state index contributed by atoms with van der Waals surface area (Å²) in [5.74, 6) is 1.53. The molecule has 0 saturated carbocycles. The number of benzene rings is 3. The maximum Gasteiger partial charge on any atom is 0.259 e. The van der Waals surface area contributed by atoms with Gasteiger partial charge in [-0.05, 0) is 75.1 Å². The third-order valence-corrected chi connectivity index (χ3v) is 10.1. The second kappa shape index (κ2) is 16.6. The first-order valence-electron chi connectivity index (χ1n) is 15.6. The molecule has 45 heavy (non-hydrogen) atoms. The van der Waals surface area contributed by atoms with Gasteiger partial charge >= 0.3 is 0 Å². The number of hydrogen-bond acceptors (Lipinski definition) is 8. The molecule has 8 nitrogen and oxygen atoms in total. The molecule has 4 atom stereocenters. The van der Waals surface area contributed by atoms with Gasteiger partial charge in [-0.1, -0.05) is 54.6 Å². The van der Waals surface area contributed by atoms with Gasteiger partial charge in [0, 0.05) is 18.1 Å². The molecule has 0 aliphatic carbocycles. The summed E-state index contributed by atoms with van der Waals surface area (Å²) in [6.07, 6.45) is 0.417. The predicted octanol–water partition coefficient (Wildman–Crippen LogP) is 6.42. The van der Waals surface area contributed by atoms with Crippen molar-refractivity contribution in [1.29, 1.82) is 5.26 Å². The van der Waals surface area contributed by atoms with Gasteiger partial charge in [-0.3, -0.25) is 0 Å². The zero-order chi connectivity index (χ0) is 32.4. The molecule has 1 fully saturated rings.